The molecule has 0 radical (unpaired) electrons. The summed E-state index contributed by atoms with van der Waals surface area (Å²) in [6.45, 7) is 2.59. The van der Waals surface area contributed by atoms with Crippen LogP contribution in [0.5, 0.6) is 5.75 Å². The van der Waals surface area contributed by atoms with Crippen LogP contribution in [-0.4, -0.2) is 38.1 Å². The number of aryl methyl sites for hydroxylation is 1. The predicted molar refractivity (Wildman–Crippen MR) is 116 cm³/mol. The van der Waals surface area contributed by atoms with E-state index in [1.165, 1.54) is 0 Å². The maximum atomic E-state index is 12.7. The van der Waals surface area contributed by atoms with Crippen LogP contribution >= 0.6 is 0 Å². The largest absolute Gasteiger partial charge is 0.497 e. The molecule has 2 rings (SSSR count). The molecule has 156 valence electrons. The van der Waals surface area contributed by atoms with E-state index in [0.717, 1.165) is 24.1 Å². The highest BCUT2D eigenvalue weighted by atomic mass is 16.5. The lowest BCUT2D eigenvalue weighted by Crippen LogP contribution is -2.45. The van der Waals surface area contributed by atoms with Gasteiger partial charge in [0.1, 0.15) is 11.8 Å². The van der Waals surface area contributed by atoms with Crippen molar-refractivity contribution in [3.8, 4) is 5.75 Å². The van der Waals surface area contributed by atoms with Crippen molar-refractivity contribution in [2.75, 3.05) is 30.8 Å². The molecule has 2 aromatic rings. The molecule has 5 N–H and O–H groups in total. The maximum Gasteiger partial charge on any atom is 0.246 e. The number of nitrogens with one attached hydrogen (secondary N) is 3. The third-order valence-electron chi connectivity index (χ3n) is 4.44. The quantitative estimate of drug-likeness (QED) is 0.436. The molecule has 0 unspecified atom stereocenters. The van der Waals surface area contributed by atoms with Crippen molar-refractivity contribution in [1.29, 1.82) is 0 Å². The van der Waals surface area contributed by atoms with E-state index in [1.807, 2.05) is 49.4 Å². The zero-order valence-corrected chi connectivity index (χ0v) is 17.0. The van der Waals surface area contributed by atoms with Crippen molar-refractivity contribution in [2.24, 2.45) is 5.73 Å². The molecule has 0 aliphatic rings. The Hall–Kier alpha value is -3.06. The summed E-state index contributed by atoms with van der Waals surface area (Å²) in [7, 11) is 1.59. The summed E-state index contributed by atoms with van der Waals surface area (Å²) in [5.74, 6) is 0.206. The summed E-state index contributed by atoms with van der Waals surface area (Å²) in [6, 6.07) is 14.2. The number of carbonyl (C=O) groups is 2. The average molecular weight is 399 g/mol. The number of anilines is 2. The molecular weight excluding hydrogens is 368 g/mol. The smallest absolute Gasteiger partial charge is 0.246 e. The molecule has 0 saturated heterocycles. The lowest BCUT2D eigenvalue weighted by molar-refractivity contribution is -0.125. The number of carbonyl (C=O) groups excluding carboxylic acids is 2. The molecule has 2 aromatic carbocycles. The molecule has 0 spiro atoms. The van der Waals surface area contributed by atoms with Gasteiger partial charge in [0.15, 0.2) is 0 Å². The monoisotopic (exact) mass is 398 g/mol. The number of ether oxygens (including phenoxy) is 1. The van der Waals surface area contributed by atoms with E-state index in [1.54, 1.807) is 13.2 Å². The maximum absolute atomic E-state index is 12.7. The lowest BCUT2D eigenvalue weighted by atomic mass is 10.1. The Kier molecular flexibility index (Phi) is 8.98. The van der Waals surface area contributed by atoms with Crippen LogP contribution in [0.2, 0.25) is 0 Å². The summed E-state index contributed by atoms with van der Waals surface area (Å²) in [4.78, 5) is 25.1. The fourth-order valence-corrected chi connectivity index (χ4v) is 2.79. The third-order valence-corrected chi connectivity index (χ3v) is 4.44. The minimum Gasteiger partial charge on any atom is -0.497 e. The molecule has 0 aliphatic carbocycles. The van der Waals surface area contributed by atoms with Crippen LogP contribution in [-0.2, 0) is 9.59 Å². The molecule has 0 saturated carbocycles. The van der Waals surface area contributed by atoms with E-state index < -0.39 is 6.04 Å². The molecule has 7 nitrogen and oxygen atoms in total. The fourth-order valence-electron chi connectivity index (χ4n) is 2.79. The molecule has 2 amide bonds. The molecule has 0 fully saturated rings. The number of hydrogen-bond donors (Lipinski definition) is 4. The zero-order valence-electron chi connectivity index (χ0n) is 17.0. The van der Waals surface area contributed by atoms with Gasteiger partial charge in [-0.15, -0.1) is 0 Å². The van der Waals surface area contributed by atoms with Gasteiger partial charge < -0.3 is 26.4 Å². The van der Waals surface area contributed by atoms with Gasteiger partial charge in [-0.25, -0.2) is 0 Å². The molecular formula is C22H30N4O3. The summed E-state index contributed by atoms with van der Waals surface area (Å²) in [6.07, 6.45) is 2.08. The third kappa shape index (κ3) is 7.83. The predicted octanol–water partition coefficient (Wildman–Crippen LogP) is 2.67. The van der Waals surface area contributed by atoms with Crippen molar-refractivity contribution in [2.45, 2.75) is 32.2 Å². The zero-order chi connectivity index (χ0) is 21.1. The highest BCUT2D eigenvalue weighted by Crippen LogP contribution is 2.16. The average Bonchev–Trinajstić information content (AvgIpc) is 2.73. The van der Waals surface area contributed by atoms with Gasteiger partial charge in [-0.2, -0.15) is 0 Å². The van der Waals surface area contributed by atoms with E-state index in [2.05, 4.69) is 16.0 Å². The van der Waals surface area contributed by atoms with Crippen LogP contribution in [0.1, 0.15) is 24.8 Å². The van der Waals surface area contributed by atoms with Crippen LogP contribution < -0.4 is 26.4 Å². The van der Waals surface area contributed by atoms with E-state index in [9.17, 15) is 9.59 Å². The highest BCUT2D eigenvalue weighted by molar-refractivity contribution is 5.97. The molecule has 1 atom stereocenters. The molecule has 0 aromatic heterocycles. The Morgan fingerprint density at radius 3 is 2.52 bits per heavy atom. The second kappa shape index (κ2) is 11.7. The van der Waals surface area contributed by atoms with Gasteiger partial charge in [0, 0.05) is 17.4 Å². The first kappa shape index (κ1) is 22.2. The number of unbranched alkanes of at least 4 members (excludes halogenated alkanes) is 1. The summed E-state index contributed by atoms with van der Waals surface area (Å²) in [5, 5.41) is 8.73. The molecule has 7 heteroatoms. The number of nitrogens with two attached hydrogens (primary N) is 1. The van der Waals surface area contributed by atoms with Crippen molar-refractivity contribution >= 4 is 23.2 Å². The second-order valence-corrected chi connectivity index (χ2v) is 6.85. The molecule has 0 heterocycles. The topological polar surface area (TPSA) is 105 Å². The Balaban J connectivity index is 1.93. The van der Waals surface area contributed by atoms with Gasteiger partial charge in [-0.05, 0) is 57.0 Å². The van der Waals surface area contributed by atoms with Gasteiger partial charge in [0.05, 0.1) is 13.7 Å². The first-order valence-electron chi connectivity index (χ1n) is 9.76. The van der Waals surface area contributed by atoms with E-state index in [0.29, 0.717) is 24.4 Å². The van der Waals surface area contributed by atoms with Crippen LogP contribution in [0.3, 0.4) is 0 Å². The van der Waals surface area contributed by atoms with Gasteiger partial charge in [-0.1, -0.05) is 23.8 Å². The normalized spacial score (nSPS) is 11.4. The Labute approximate surface area is 172 Å². The highest BCUT2D eigenvalue weighted by Gasteiger charge is 2.20. The molecule has 0 bridgehead atoms. The van der Waals surface area contributed by atoms with Crippen LogP contribution in [0.15, 0.2) is 48.5 Å². The SMILES string of the molecule is COc1cccc(NCC(=O)N[C@@H](CCCCN)C(=O)Nc2ccc(C)cc2)c1. The van der Waals surface area contributed by atoms with Gasteiger partial charge in [-0.3, -0.25) is 9.59 Å². The minimum absolute atomic E-state index is 0.0539. The molecule has 29 heavy (non-hydrogen) atoms. The van der Waals surface area contributed by atoms with Crippen molar-refractivity contribution in [3.05, 3.63) is 54.1 Å². The van der Waals surface area contributed by atoms with Gasteiger partial charge >= 0.3 is 0 Å². The standard InChI is InChI=1S/C22H30N4O3/c1-16-9-11-17(12-10-16)25-22(28)20(8-3-4-13-23)26-21(27)15-24-18-6-5-7-19(14-18)29-2/h5-7,9-12,14,20,24H,3-4,8,13,15,23H2,1-2H3,(H,25,28)(H,26,27)/t20-/m0/s1. The molecule has 0 aliphatic heterocycles. The van der Waals surface area contributed by atoms with Gasteiger partial charge in [0.2, 0.25) is 11.8 Å². The number of rotatable bonds is 11. The number of methoxy groups -OCH3 is 1. The first-order chi connectivity index (χ1) is 14.0. The Morgan fingerprint density at radius 1 is 1.07 bits per heavy atom. The van der Waals surface area contributed by atoms with E-state index >= 15 is 0 Å². The van der Waals surface area contributed by atoms with Gasteiger partial charge in [0.25, 0.3) is 0 Å². The Bertz CT molecular complexity index is 793. The van der Waals surface area contributed by atoms with Crippen LogP contribution in [0.4, 0.5) is 11.4 Å². The minimum atomic E-state index is -0.623. The summed E-state index contributed by atoms with van der Waals surface area (Å²) >= 11 is 0. The summed E-state index contributed by atoms with van der Waals surface area (Å²) < 4.78 is 5.17. The Morgan fingerprint density at radius 2 is 1.83 bits per heavy atom. The number of hydrogen-bond acceptors (Lipinski definition) is 5. The summed E-state index contributed by atoms with van der Waals surface area (Å²) in [5.41, 5.74) is 8.14. The van der Waals surface area contributed by atoms with E-state index in [-0.39, 0.29) is 18.4 Å². The fraction of sp³-hybridized carbons (Fsp3) is 0.364. The second-order valence-electron chi connectivity index (χ2n) is 6.85. The number of amides is 2. The van der Waals surface area contributed by atoms with Crippen LogP contribution in [0.25, 0.3) is 0 Å². The van der Waals surface area contributed by atoms with Crippen molar-refractivity contribution in [1.82, 2.24) is 5.32 Å². The number of benzene rings is 2. The van der Waals surface area contributed by atoms with Crippen molar-refractivity contribution < 1.29 is 14.3 Å². The van der Waals surface area contributed by atoms with Crippen molar-refractivity contribution in [3.63, 3.8) is 0 Å². The lowest BCUT2D eigenvalue weighted by Gasteiger charge is -2.19. The first-order valence-corrected chi connectivity index (χ1v) is 9.76. The van der Waals surface area contributed by atoms with Crippen LogP contribution in [0, 0.1) is 6.92 Å². The van der Waals surface area contributed by atoms with E-state index in [4.69, 9.17) is 10.5 Å².